The summed E-state index contributed by atoms with van der Waals surface area (Å²) >= 11 is 0. The molecule has 0 aromatic rings. The number of carbonyl (C=O) groups is 1. The van der Waals surface area contributed by atoms with Gasteiger partial charge in [0.15, 0.2) is 0 Å². The van der Waals surface area contributed by atoms with Crippen LogP contribution in [-0.4, -0.2) is 35.0 Å². The average molecular weight is 235 g/mol. The third-order valence-corrected chi connectivity index (χ3v) is 5.19. The van der Waals surface area contributed by atoms with Crippen molar-refractivity contribution in [3.63, 3.8) is 0 Å². The highest BCUT2D eigenvalue weighted by Crippen LogP contribution is 2.19. The molecule has 0 aliphatic heterocycles. The largest absolute Gasteiger partial charge is 0.501 e. The summed E-state index contributed by atoms with van der Waals surface area (Å²) in [6.07, 6.45) is 0.784. The molecule has 0 aliphatic rings. The van der Waals surface area contributed by atoms with Crippen LogP contribution in [0, 0.1) is 0 Å². The van der Waals surface area contributed by atoms with Crippen LogP contribution in [0.5, 0.6) is 0 Å². The second kappa shape index (κ2) is 6.94. The predicted octanol–water partition coefficient (Wildman–Crippen LogP) is 0.909. The van der Waals surface area contributed by atoms with E-state index in [2.05, 4.69) is 0 Å². The Labute approximate surface area is 92.3 Å². The molecular formula is C9H21NO4Si. The second-order valence-electron chi connectivity index (χ2n) is 3.26. The van der Waals surface area contributed by atoms with Crippen LogP contribution in [-0.2, 0) is 18.1 Å². The molecule has 2 N–H and O–H groups in total. The molecule has 0 saturated carbocycles. The molecule has 1 atom stereocenters. The van der Waals surface area contributed by atoms with Gasteiger partial charge >= 0.3 is 8.80 Å². The molecule has 0 fully saturated rings. The van der Waals surface area contributed by atoms with E-state index in [9.17, 15) is 4.79 Å². The molecule has 0 radical (unpaired) electrons. The molecule has 0 aliphatic carbocycles. The van der Waals surface area contributed by atoms with Crippen molar-refractivity contribution in [2.24, 2.45) is 5.73 Å². The van der Waals surface area contributed by atoms with Crippen LogP contribution in [0.3, 0.4) is 0 Å². The Morgan fingerprint density at radius 2 is 1.87 bits per heavy atom. The summed E-state index contributed by atoms with van der Waals surface area (Å²) in [5, 5.41) is 0. The summed E-state index contributed by atoms with van der Waals surface area (Å²) in [7, 11) is 0.390. The summed E-state index contributed by atoms with van der Waals surface area (Å²) in [5.74, 6) is -0.473. The van der Waals surface area contributed by atoms with Gasteiger partial charge in [0, 0.05) is 20.3 Å². The third-order valence-electron chi connectivity index (χ3n) is 2.19. The highest BCUT2D eigenvalue weighted by atomic mass is 28.4. The molecule has 90 valence electrons. The summed E-state index contributed by atoms with van der Waals surface area (Å²) in [4.78, 5) is 11.1. The summed E-state index contributed by atoms with van der Waals surface area (Å²) in [5.41, 5.74) is 5.21. The zero-order valence-electron chi connectivity index (χ0n) is 9.91. The van der Waals surface area contributed by atoms with E-state index in [-0.39, 0.29) is 0 Å². The summed E-state index contributed by atoms with van der Waals surface area (Å²) in [6.45, 7) is 3.85. The molecule has 0 rings (SSSR count). The molecule has 0 aromatic carbocycles. The first-order valence-corrected chi connectivity index (χ1v) is 7.05. The Morgan fingerprint density at radius 3 is 2.13 bits per heavy atom. The maximum atomic E-state index is 11.1. The smallest absolute Gasteiger partial charge is 0.377 e. The number of carbonyl (C=O) groups excluding carboxylic acids is 1. The van der Waals surface area contributed by atoms with Crippen LogP contribution in [0.15, 0.2) is 0 Å². The van der Waals surface area contributed by atoms with Crippen molar-refractivity contribution in [2.75, 3.05) is 14.2 Å². The van der Waals surface area contributed by atoms with Gasteiger partial charge in [0.1, 0.15) is 6.10 Å². The Kier molecular flexibility index (Phi) is 6.74. The van der Waals surface area contributed by atoms with Gasteiger partial charge in [-0.1, -0.05) is 20.3 Å². The van der Waals surface area contributed by atoms with Gasteiger partial charge in [0.05, 0.1) is 0 Å². The van der Waals surface area contributed by atoms with Crippen LogP contribution in [0.2, 0.25) is 6.04 Å². The first-order valence-electron chi connectivity index (χ1n) is 5.12. The van der Waals surface area contributed by atoms with Gasteiger partial charge in [-0.05, 0) is 6.42 Å². The molecule has 1 amide bonds. The lowest BCUT2D eigenvalue weighted by molar-refractivity contribution is -0.127. The van der Waals surface area contributed by atoms with Gasteiger partial charge in [0.2, 0.25) is 5.91 Å². The minimum atomic E-state index is -2.69. The lowest BCUT2D eigenvalue weighted by Gasteiger charge is -2.29. The van der Waals surface area contributed by atoms with Crippen LogP contribution in [0.1, 0.15) is 26.7 Å². The van der Waals surface area contributed by atoms with Crippen LogP contribution < -0.4 is 5.73 Å². The minimum Gasteiger partial charge on any atom is -0.377 e. The molecule has 0 aromatic heterocycles. The standard InChI is InChI=1S/C9H21NO4Si/c1-5-7-15(12-3,13-4)14-8(6-2)9(10)11/h8H,5-7H2,1-4H3,(H2,10,11). The topological polar surface area (TPSA) is 70.8 Å². The first kappa shape index (κ1) is 14.6. The molecular weight excluding hydrogens is 214 g/mol. The number of primary amides is 1. The number of nitrogens with two attached hydrogens (primary N) is 1. The molecule has 15 heavy (non-hydrogen) atoms. The highest BCUT2D eigenvalue weighted by Gasteiger charge is 2.41. The van der Waals surface area contributed by atoms with E-state index in [0.29, 0.717) is 12.5 Å². The lowest BCUT2D eigenvalue weighted by Crippen LogP contribution is -2.49. The fourth-order valence-electron chi connectivity index (χ4n) is 1.31. The van der Waals surface area contributed by atoms with E-state index < -0.39 is 20.8 Å². The van der Waals surface area contributed by atoms with Crippen molar-refractivity contribution < 1.29 is 18.1 Å². The Bertz CT molecular complexity index is 197. The van der Waals surface area contributed by atoms with Gasteiger partial charge in [0.25, 0.3) is 0 Å². The summed E-state index contributed by atoms with van der Waals surface area (Å²) < 4.78 is 16.2. The Morgan fingerprint density at radius 1 is 1.33 bits per heavy atom. The fourth-order valence-corrected chi connectivity index (χ4v) is 3.52. The number of hydrogen-bond acceptors (Lipinski definition) is 4. The van der Waals surface area contributed by atoms with E-state index in [1.807, 2.05) is 13.8 Å². The maximum absolute atomic E-state index is 11.1. The zero-order valence-corrected chi connectivity index (χ0v) is 10.9. The van der Waals surface area contributed by atoms with Gasteiger partial charge in [-0.3, -0.25) is 4.79 Å². The molecule has 1 unspecified atom stereocenters. The van der Waals surface area contributed by atoms with E-state index in [4.69, 9.17) is 19.0 Å². The van der Waals surface area contributed by atoms with Crippen LogP contribution >= 0.6 is 0 Å². The van der Waals surface area contributed by atoms with Crippen molar-refractivity contribution in [1.29, 1.82) is 0 Å². The van der Waals surface area contributed by atoms with Crippen molar-refractivity contribution in [3.05, 3.63) is 0 Å². The van der Waals surface area contributed by atoms with Crippen molar-refractivity contribution in [2.45, 2.75) is 38.8 Å². The van der Waals surface area contributed by atoms with Crippen molar-refractivity contribution in [3.8, 4) is 0 Å². The summed E-state index contributed by atoms with van der Waals surface area (Å²) in [6, 6.07) is 0.684. The van der Waals surface area contributed by atoms with E-state index in [1.54, 1.807) is 14.2 Å². The maximum Gasteiger partial charge on any atom is 0.501 e. The second-order valence-corrected chi connectivity index (χ2v) is 6.18. The highest BCUT2D eigenvalue weighted by molar-refractivity contribution is 6.60. The van der Waals surface area contributed by atoms with E-state index >= 15 is 0 Å². The molecule has 0 heterocycles. The molecule has 6 heteroatoms. The van der Waals surface area contributed by atoms with E-state index in [0.717, 1.165) is 6.42 Å². The Hall–Kier alpha value is -0.433. The predicted molar refractivity (Wildman–Crippen MR) is 59.2 cm³/mol. The quantitative estimate of drug-likeness (QED) is 0.635. The lowest BCUT2D eigenvalue weighted by atomic mass is 10.3. The van der Waals surface area contributed by atoms with Gasteiger partial charge < -0.3 is 19.0 Å². The number of rotatable bonds is 8. The average Bonchev–Trinajstić information content (AvgIpc) is 2.24. The normalized spacial score (nSPS) is 13.9. The monoisotopic (exact) mass is 235 g/mol. The van der Waals surface area contributed by atoms with Gasteiger partial charge in [-0.25, -0.2) is 0 Å². The van der Waals surface area contributed by atoms with Crippen molar-refractivity contribution >= 4 is 14.7 Å². The van der Waals surface area contributed by atoms with Crippen LogP contribution in [0.4, 0.5) is 0 Å². The zero-order chi connectivity index (χ0) is 11.9. The molecule has 0 spiro atoms. The molecule has 0 saturated heterocycles. The minimum absolute atomic E-state index is 0.473. The third kappa shape index (κ3) is 4.29. The van der Waals surface area contributed by atoms with Crippen molar-refractivity contribution in [1.82, 2.24) is 0 Å². The fraction of sp³-hybridized carbons (Fsp3) is 0.889. The first-order chi connectivity index (χ1) is 7.05. The van der Waals surface area contributed by atoms with E-state index in [1.165, 1.54) is 0 Å². The van der Waals surface area contributed by atoms with Crippen LogP contribution in [0.25, 0.3) is 0 Å². The number of hydrogen-bond donors (Lipinski definition) is 1. The number of amides is 1. The Balaban J connectivity index is 4.55. The molecule has 5 nitrogen and oxygen atoms in total. The SMILES string of the molecule is CCC[Si](OC)(OC)OC(CC)C(N)=O. The van der Waals surface area contributed by atoms with Gasteiger partial charge in [-0.2, -0.15) is 0 Å². The van der Waals surface area contributed by atoms with Gasteiger partial charge in [-0.15, -0.1) is 0 Å². The molecule has 0 bridgehead atoms.